The molecule has 1 unspecified atom stereocenters. The molecular weight excluding hydrogens is 411 g/mol. The third-order valence-electron chi connectivity index (χ3n) is 4.75. The molecule has 1 saturated heterocycles. The predicted octanol–water partition coefficient (Wildman–Crippen LogP) is 5.89. The number of rotatable bonds is 2. The highest BCUT2D eigenvalue weighted by Gasteiger charge is 2.31. The number of H-pyrrole nitrogens is 1. The van der Waals surface area contributed by atoms with E-state index in [0.29, 0.717) is 29.1 Å². The van der Waals surface area contributed by atoms with Gasteiger partial charge in [-0.1, -0.05) is 25.4 Å². The van der Waals surface area contributed by atoms with Crippen LogP contribution in [0.15, 0.2) is 12.1 Å². The van der Waals surface area contributed by atoms with Crippen LogP contribution in [0.25, 0.3) is 10.9 Å². The summed E-state index contributed by atoms with van der Waals surface area (Å²) in [6, 6.07) is 3.06. The maximum Gasteiger partial charge on any atom is 0.410 e. The number of hydrogen-bond donors (Lipinski definition) is 1. The Balaban J connectivity index is 0.00000155. The maximum atomic E-state index is 15.2. The average molecular weight is 441 g/mol. The zero-order valence-electron chi connectivity index (χ0n) is 18.4. The molecule has 30 heavy (non-hydrogen) atoms. The number of likely N-dealkylation sites (tertiary alicyclic amines) is 1. The average Bonchev–Trinajstić information content (AvgIpc) is 3.17. The number of esters is 1. The number of methoxy groups -OCH3 is 1. The predicted molar refractivity (Wildman–Crippen MR) is 116 cm³/mol. The fourth-order valence-corrected chi connectivity index (χ4v) is 3.74. The molecule has 0 radical (unpaired) electrons. The number of ether oxygens (including phenoxy) is 2. The summed E-state index contributed by atoms with van der Waals surface area (Å²) >= 11 is 6.36. The van der Waals surface area contributed by atoms with Gasteiger partial charge in [0, 0.05) is 24.4 Å². The first-order chi connectivity index (χ1) is 14.1. The Morgan fingerprint density at radius 2 is 1.93 bits per heavy atom. The van der Waals surface area contributed by atoms with Crippen LogP contribution in [0.2, 0.25) is 5.02 Å². The second-order valence-corrected chi connectivity index (χ2v) is 8.40. The third-order valence-corrected chi connectivity index (χ3v) is 5.06. The summed E-state index contributed by atoms with van der Waals surface area (Å²) in [4.78, 5) is 28.5. The van der Waals surface area contributed by atoms with Crippen LogP contribution in [0.3, 0.4) is 0 Å². The summed E-state index contributed by atoms with van der Waals surface area (Å²) in [6.45, 7) is 10.3. The van der Waals surface area contributed by atoms with Crippen molar-refractivity contribution < 1.29 is 23.5 Å². The molecule has 1 atom stereocenters. The normalized spacial score (nSPS) is 16.7. The van der Waals surface area contributed by atoms with Crippen molar-refractivity contribution in [2.24, 2.45) is 0 Å². The first kappa shape index (κ1) is 24.0. The summed E-state index contributed by atoms with van der Waals surface area (Å²) < 4.78 is 25.4. The highest BCUT2D eigenvalue weighted by molar-refractivity contribution is 6.35. The van der Waals surface area contributed by atoms with Gasteiger partial charge < -0.3 is 19.4 Å². The van der Waals surface area contributed by atoms with Crippen molar-refractivity contribution in [1.29, 1.82) is 0 Å². The second kappa shape index (κ2) is 9.69. The van der Waals surface area contributed by atoms with Crippen LogP contribution >= 0.6 is 11.6 Å². The Kier molecular flexibility index (Phi) is 7.75. The standard InChI is InChI=1S/C20H24ClFN2O4.C2H6/c1-20(2,3)28-19(26)24-7-5-6-11(10-24)12-8-14(21)13-9-15(18(25)27-4)23-17(13)16(12)22;1-2/h8-9,11,23H,5-7,10H2,1-4H3;1-2H3. The van der Waals surface area contributed by atoms with E-state index in [1.807, 2.05) is 34.6 Å². The van der Waals surface area contributed by atoms with E-state index in [-0.39, 0.29) is 17.1 Å². The Labute approximate surface area is 181 Å². The van der Waals surface area contributed by atoms with Crippen LogP contribution in [0, 0.1) is 5.82 Å². The molecule has 6 nitrogen and oxygen atoms in total. The monoisotopic (exact) mass is 440 g/mol. The van der Waals surface area contributed by atoms with Crippen LogP contribution < -0.4 is 0 Å². The largest absolute Gasteiger partial charge is 0.464 e. The molecule has 1 aliphatic rings. The summed E-state index contributed by atoms with van der Waals surface area (Å²) in [7, 11) is 1.25. The number of fused-ring (bicyclic) bond motifs is 1. The molecule has 0 spiro atoms. The van der Waals surface area contributed by atoms with E-state index in [2.05, 4.69) is 9.72 Å². The molecule has 1 aliphatic heterocycles. The SMILES string of the molecule is CC.COC(=O)c1cc2c(Cl)cc(C3CCCN(C(=O)OC(C)(C)C)C3)c(F)c2[nH]1. The van der Waals surface area contributed by atoms with E-state index < -0.39 is 23.5 Å². The number of carbonyl (C=O) groups excluding carboxylic acids is 2. The quantitative estimate of drug-likeness (QED) is 0.591. The van der Waals surface area contributed by atoms with E-state index in [0.717, 1.165) is 12.8 Å². The second-order valence-electron chi connectivity index (χ2n) is 7.99. The lowest BCUT2D eigenvalue weighted by Gasteiger charge is -2.34. The Morgan fingerprint density at radius 1 is 1.27 bits per heavy atom. The molecule has 0 bridgehead atoms. The number of aromatic amines is 1. The topological polar surface area (TPSA) is 71.6 Å². The third kappa shape index (κ3) is 5.25. The van der Waals surface area contributed by atoms with Gasteiger partial charge in [0.1, 0.15) is 11.3 Å². The summed E-state index contributed by atoms with van der Waals surface area (Å²) in [6.07, 6.45) is 1.05. The summed E-state index contributed by atoms with van der Waals surface area (Å²) in [5.74, 6) is -1.28. The lowest BCUT2D eigenvalue weighted by molar-refractivity contribution is 0.0197. The van der Waals surface area contributed by atoms with Crippen molar-refractivity contribution in [2.45, 2.75) is 59.0 Å². The van der Waals surface area contributed by atoms with Crippen molar-refractivity contribution >= 4 is 34.6 Å². The molecule has 1 aromatic carbocycles. The fraction of sp³-hybridized carbons (Fsp3) is 0.545. The van der Waals surface area contributed by atoms with E-state index in [1.165, 1.54) is 13.2 Å². The highest BCUT2D eigenvalue weighted by atomic mass is 35.5. The molecule has 0 aliphatic carbocycles. The number of piperidine rings is 1. The highest BCUT2D eigenvalue weighted by Crippen LogP contribution is 2.36. The minimum atomic E-state index is -0.595. The van der Waals surface area contributed by atoms with Gasteiger partial charge in [0.05, 0.1) is 17.6 Å². The van der Waals surface area contributed by atoms with Crippen LogP contribution in [0.5, 0.6) is 0 Å². The molecular formula is C22H30ClFN2O4. The first-order valence-corrected chi connectivity index (χ1v) is 10.6. The number of carbonyl (C=O) groups is 2. The van der Waals surface area contributed by atoms with Gasteiger partial charge in [-0.15, -0.1) is 0 Å². The fourth-order valence-electron chi connectivity index (χ4n) is 3.48. The molecule has 2 aromatic rings. The van der Waals surface area contributed by atoms with E-state index >= 15 is 4.39 Å². The van der Waals surface area contributed by atoms with Gasteiger partial charge in [-0.3, -0.25) is 0 Å². The van der Waals surface area contributed by atoms with Gasteiger partial charge in [0.25, 0.3) is 0 Å². The molecule has 1 aromatic heterocycles. The van der Waals surface area contributed by atoms with Gasteiger partial charge >= 0.3 is 12.1 Å². The van der Waals surface area contributed by atoms with Crippen molar-refractivity contribution in [3.8, 4) is 0 Å². The van der Waals surface area contributed by atoms with E-state index in [4.69, 9.17) is 16.3 Å². The smallest absolute Gasteiger partial charge is 0.410 e. The van der Waals surface area contributed by atoms with Crippen LogP contribution in [0.4, 0.5) is 9.18 Å². The lowest BCUT2D eigenvalue weighted by atomic mass is 9.90. The van der Waals surface area contributed by atoms with Gasteiger partial charge in [0.2, 0.25) is 0 Å². The van der Waals surface area contributed by atoms with Crippen LogP contribution in [-0.4, -0.2) is 47.7 Å². The zero-order valence-corrected chi connectivity index (χ0v) is 19.2. The molecule has 1 fully saturated rings. The van der Waals surface area contributed by atoms with Crippen molar-refractivity contribution in [2.75, 3.05) is 20.2 Å². The van der Waals surface area contributed by atoms with Gasteiger partial charge in [-0.25, -0.2) is 14.0 Å². The van der Waals surface area contributed by atoms with Gasteiger partial charge in [-0.05, 0) is 51.3 Å². The minimum Gasteiger partial charge on any atom is -0.464 e. The number of hydrogen-bond acceptors (Lipinski definition) is 4. The number of amides is 1. The van der Waals surface area contributed by atoms with Gasteiger partial charge in [0.15, 0.2) is 5.82 Å². The summed E-state index contributed by atoms with van der Waals surface area (Å²) in [5.41, 5.74) is 0.127. The minimum absolute atomic E-state index is 0.134. The lowest BCUT2D eigenvalue weighted by Crippen LogP contribution is -2.42. The summed E-state index contributed by atoms with van der Waals surface area (Å²) in [5, 5.41) is 0.760. The van der Waals surface area contributed by atoms with Crippen molar-refractivity contribution in [3.63, 3.8) is 0 Å². The van der Waals surface area contributed by atoms with E-state index in [9.17, 15) is 9.59 Å². The number of nitrogens with one attached hydrogen (secondary N) is 1. The Morgan fingerprint density at radius 3 is 2.53 bits per heavy atom. The van der Waals surface area contributed by atoms with Gasteiger partial charge in [-0.2, -0.15) is 0 Å². The number of aromatic nitrogens is 1. The molecule has 2 heterocycles. The number of benzene rings is 1. The number of nitrogens with zero attached hydrogens (tertiary/aromatic N) is 1. The zero-order chi connectivity index (χ0) is 22.6. The Hall–Kier alpha value is -2.28. The number of halogens is 2. The molecule has 0 saturated carbocycles. The molecule has 166 valence electrons. The first-order valence-electron chi connectivity index (χ1n) is 10.2. The molecule has 1 N–H and O–H groups in total. The van der Waals surface area contributed by atoms with E-state index in [1.54, 1.807) is 11.0 Å². The Bertz CT molecular complexity index is 920. The van der Waals surface area contributed by atoms with Crippen molar-refractivity contribution in [3.05, 3.63) is 34.2 Å². The van der Waals surface area contributed by atoms with Crippen LogP contribution in [-0.2, 0) is 9.47 Å². The van der Waals surface area contributed by atoms with Crippen LogP contribution in [0.1, 0.15) is 69.4 Å². The van der Waals surface area contributed by atoms with Crippen molar-refractivity contribution in [1.82, 2.24) is 9.88 Å². The maximum absolute atomic E-state index is 15.2. The molecule has 8 heteroatoms. The molecule has 3 rings (SSSR count). The molecule has 1 amide bonds.